The molecule has 1 radical (unpaired) electrons. The molecule has 75 valence electrons. The Morgan fingerprint density at radius 3 is 2.57 bits per heavy atom. The van der Waals surface area contributed by atoms with Crippen LogP contribution in [0.5, 0.6) is 5.75 Å². The average Bonchev–Trinajstić information content (AvgIpc) is 2.01. The molecule has 0 saturated heterocycles. The second kappa shape index (κ2) is 3.82. The van der Waals surface area contributed by atoms with E-state index in [1.165, 1.54) is 6.92 Å². The minimum absolute atomic E-state index is 0.0391. The van der Waals surface area contributed by atoms with E-state index >= 15 is 0 Å². The molecule has 0 unspecified atom stereocenters. The van der Waals surface area contributed by atoms with Gasteiger partial charge in [0.05, 0.1) is 0 Å². The molecule has 0 aliphatic rings. The molecular formula is C12H15O2. The van der Waals surface area contributed by atoms with Gasteiger partial charge in [0, 0.05) is 12.5 Å². The van der Waals surface area contributed by atoms with Gasteiger partial charge in [-0.05, 0) is 23.6 Å². The largest absolute Gasteiger partial charge is 0.426 e. The second-order valence-electron chi connectivity index (χ2n) is 4.27. The van der Waals surface area contributed by atoms with Gasteiger partial charge in [-0.2, -0.15) is 0 Å². The normalized spacial score (nSPS) is 11.1. The smallest absolute Gasteiger partial charge is 0.308 e. The summed E-state index contributed by atoms with van der Waals surface area (Å²) in [5.74, 6) is 0.338. The Labute approximate surface area is 84.9 Å². The van der Waals surface area contributed by atoms with Crippen molar-refractivity contribution < 1.29 is 9.53 Å². The quantitative estimate of drug-likeness (QED) is 0.504. The van der Waals surface area contributed by atoms with Crippen molar-refractivity contribution in [3.05, 3.63) is 29.8 Å². The molecule has 14 heavy (non-hydrogen) atoms. The van der Waals surface area contributed by atoms with Crippen LogP contribution in [0.2, 0.25) is 0 Å². The van der Waals surface area contributed by atoms with E-state index in [0.717, 1.165) is 5.56 Å². The number of carbonyl (C=O) groups excluding carboxylic acids is 1. The molecule has 0 N–H and O–H groups in total. The average molecular weight is 191 g/mol. The molecule has 2 nitrogen and oxygen atoms in total. The lowest BCUT2D eigenvalue weighted by atomic mass is 9.86. The standard InChI is InChI=1S/C12H15O2/c1-9(13)14-11-8-6-5-7-10(11)12(2,3)4/h6-8H,1-4H3. The highest BCUT2D eigenvalue weighted by Crippen LogP contribution is 2.30. The van der Waals surface area contributed by atoms with Gasteiger partial charge in [0.1, 0.15) is 5.75 Å². The number of rotatable bonds is 1. The SMILES string of the molecule is CC(=O)Oc1cc[c]cc1C(C)(C)C. The number of esters is 1. The van der Waals surface area contributed by atoms with Gasteiger partial charge in [-0.15, -0.1) is 0 Å². The lowest BCUT2D eigenvalue weighted by Gasteiger charge is -2.21. The van der Waals surface area contributed by atoms with Crippen LogP contribution in [0.3, 0.4) is 0 Å². The first kappa shape index (κ1) is 10.8. The first-order chi connectivity index (χ1) is 6.41. The molecular weight excluding hydrogens is 176 g/mol. The van der Waals surface area contributed by atoms with Crippen LogP contribution in [0.4, 0.5) is 0 Å². The molecule has 0 aromatic heterocycles. The molecule has 0 spiro atoms. The van der Waals surface area contributed by atoms with Crippen molar-refractivity contribution >= 4 is 5.97 Å². The second-order valence-corrected chi connectivity index (χ2v) is 4.27. The van der Waals surface area contributed by atoms with Gasteiger partial charge >= 0.3 is 5.97 Å². The van der Waals surface area contributed by atoms with E-state index in [4.69, 9.17) is 4.74 Å². The summed E-state index contributed by atoms with van der Waals surface area (Å²) in [6, 6.07) is 8.36. The first-order valence-electron chi connectivity index (χ1n) is 4.60. The van der Waals surface area contributed by atoms with Crippen LogP contribution < -0.4 is 4.74 Å². The lowest BCUT2D eigenvalue weighted by Crippen LogP contribution is -2.14. The van der Waals surface area contributed by atoms with Crippen molar-refractivity contribution in [2.24, 2.45) is 0 Å². The van der Waals surface area contributed by atoms with Gasteiger partial charge in [-0.1, -0.05) is 26.8 Å². The molecule has 1 rings (SSSR count). The van der Waals surface area contributed by atoms with E-state index in [1.807, 2.05) is 6.07 Å². The number of ether oxygens (including phenoxy) is 1. The van der Waals surface area contributed by atoms with Crippen molar-refractivity contribution in [2.75, 3.05) is 0 Å². The first-order valence-corrected chi connectivity index (χ1v) is 4.60. The number of hydrogen-bond donors (Lipinski definition) is 0. The van der Waals surface area contributed by atoms with E-state index in [9.17, 15) is 4.79 Å². The van der Waals surface area contributed by atoms with Crippen molar-refractivity contribution in [2.45, 2.75) is 33.1 Å². The van der Waals surface area contributed by atoms with Gasteiger partial charge in [0.2, 0.25) is 0 Å². The Kier molecular flexibility index (Phi) is 2.94. The van der Waals surface area contributed by atoms with Gasteiger partial charge in [0.25, 0.3) is 0 Å². The Balaban J connectivity index is 3.10. The zero-order chi connectivity index (χ0) is 10.8. The van der Waals surface area contributed by atoms with Crippen LogP contribution in [0.1, 0.15) is 33.3 Å². The van der Waals surface area contributed by atoms with Crippen LogP contribution in [0.25, 0.3) is 0 Å². The van der Waals surface area contributed by atoms with Crippen LogP contribution in [-0.4, -0.2) is 5.97 Å². The highest BCUT2D eigenvalue weighted by molar-refractivity contribution is 5.70. The molecule has 0 atom stereocenters. The van der Waals surface area contributed by atoms with Crippen LogP contribution in [0.15, 0.2) is 18.2 Å². The third kappa shape index (κ3) is 2.59. The van der Waals surface area contributed by atoms with Crippen LogP contribution in [-0.2, 0) is 10.2 Å². The highest BCUT2D eigenvalue weighted by Gasteiger charge is 2.18. The summed E-state index contributed by atoms with van der Waals surface area (Å²) < 4.78 is 5.11. The molecule has 0 aliphatic heterocycles. The maximum absolute atomic E-state index is 10.9. The summed E-state index contributed by atoms with van der Waals surface area (Å²) in [5.41, 5.74) is 0.956. The fourth-order valence-corrected chi connectivity index (χ4v) is 1.25. The fraction of sp³-hybridized carbons (Fsp3) is 0.417. The third-order valence-corrected chi connectivity index (χ3v) is 1.89. The predicted molar refractivity (Wildman–Crippen MR) is 55.3 cm³/mol. The highest BCUT2D eigenvalue weighted by atomic mass is 16.5. The predicted octanol–water partition coefficient (Wildman–Crippen LogP) is 2.71. The number of hydrogen-bond acceptors (Lipinski definition) is 2. The maximum atomic E-state index is 10.9. The van der Waals surface area contributed by atoms with E-state index in [1.54, 1.807) is 12.1 Å². The van der Waals surface area contributed by atoms with E-state index in [2.05, 4.69) is 26.8 Å². The van der Waals surface area contributed by atoms with Crippen LogP contribution >= 0.6 is 0 Å². The van der Waals surface area contributed by atoms with Crippen molar-refractivity contribution in [3.8, 4) is 5.75 Å². The zero-order valence-corrected chi connectivity index (χ0v) is 9.05. The molecule has 0 heterocycles. The Morgan fingerprint density at radius 2 is 2.07 bits per heavy atom. The molecule has 0 amide bonds. The van der Waals surface area contributed by atoms with Gasteiger partial charge < -0.3 is 4.74 Å². The molecule has 0 saturated carbocycles. The molecule has 2 heteroatoms. The van der Waals surface area contributed by atoms with Crippen LogP contribution in [0, 0.1) is 6.07 Å². The van der Waals surface area contributed by atoms with Crippen molar-refractivity contribution in [1.82, 2.24) is 0 Å². The zero-order valence-electron chi connectivity index (χ0n) is 9.05. The van der Waals surface area contributed by atoms with E-state index in [-0.39, 0.29) is 11.4 Å². The summed E-state index contributed by atoms with van der Waals surface area (Å²) in [7, 11) is 0. The Bertz CT molecular complexity index is 334. The minimum atomic E-state index is -0.290. The summed E-state index contributed by atoms with van der Waals surface area (Å²) >= 11 is 0. The van der Waals surface area contributed by atoms with Gasteiger partial charge in [-0.25, -0.2) is 0 Å². The summed E-state index contributed by atoms with van der Waals surface area (Å²) in [4.78, 5) is 10.9. The van der Waals surface area contributed by atoms with E-state index in [0.29, 0.717) is 5.75 Å². The Morgan fingerprint density at radius 1 is 1.43 bits per heavy atom. The van der Waals surface area contributed by atoms with Gasteiger partial charge in [-0.3, -0.25) is 4.79 Å². The molecule has 0 fully saturated rings. The molecule has 1 aromatic carbocycles. The monoisotopic (exact) mass is 191 g/mol. The van der Waals surface area contributed by atoms with Crippen molar-refractivity contribution in [1.29, 1.82) is 0 Å². The summed E-state index contributed by atoms with van der Waals surface area (Å²) in [5, 5.41) is 0. The molecule has 0 bridgehead atoms. The molecule has 1 aromatic rings. The third-order valence-electron chi connectivity index (χ3n) is 1.89. The topological polar surface area (TPSA) is 26.3 Å². The van der Waals surface area contributed by atoms with Gasteiger partial charge in [0.15, 0.2) is 0 Å². The lowest BCUT2D eigenvalue weighted by molar-refractivity contribution is -0.131. The Hall–Kier alpha value is -1.31. The molecule has 0 aliphatic carbocycles. The number of carbonyl (C=O) groups is 1. The minimum Gasteiger partial charge on any atom is -0.426 e. The summed E-state index contributed by atoms with van der Waals surface area (Å²) in [6.45, 7) is 7.62. The van der Waals surface area contributed by atoms with E-state index < -0.39 is 0 Å². The number of benzene rings is 1. The fourth-order valence-electron chi connectivity index (χ4n) is 1.25. The maximum Gasteiger partial charge on any atom is 0.308 e. The van der Waals surface area contributed by atoms with Crippen molar-refractivity contribution in [3.63, 3.8) is 0 Å². The summed E-state index contributed by atoms with van der Waals surface area (Å²) in [6.07, 6.45) is 0.